The van der Waals surface area contributed by atoms with E-state index < -0.39 is 0 Å². The highest BCUT2D eigenvalue weighted by atomic mass is 32.2. The third-order valence-electron chi connectivity index (χ3n) is 4.28. The highest BCUT2D eigenvalue weighted by Crippen LogP contribution is 2.28. The van der Waals surface area contributed by atoms with Gasteiger partial charge in [-0.15, -0.1) is 0 Å². The molecule has 0 aliphatic heterocycles. The summed E-state index contributed by atoms with van der Waals surface area (Å²) in [7, 11) is 0. The standard InChI is InChI=1S/C18H28N2OS/c1-14-9-10-16(13-15(14)2)20-18(21)19-11-6-12-22-17-7-4-3-5-8-17/h9-10,13,17H,3-8,11-12H2,1-2H3,(H2,19,20,21). The van der Waals surface area contributed by atoms with Crippen LogP contribution in [0.15, 0.2) is 18.2 Å². The SMILES string of the molecule is Cc1ccc(NC(=O)NCCCSC2CCCCC2)cc1C. The van der Waals surface area contributed by atoms with Crippen LogP contribution in [0.3, 0.4) is 0 Å². The molecule has 1 aliphatic carbocycles. The Morgan fingerprint density at radius 2 is 1.95 bits per heavy atom. The first-order valence-corrected chi connectivity index (χ1v) is 9.44. The van der Waals surface area contributed by atoms with Gasteiger partial charge in [0.25, 0.3) is 0 Å². The molecule has 3 nitrogen and oxygen atoms in total. The Kier molecular flexibility index (Phi) is 7.10. The minimum Gasteiger partial charge on any atom is -0.338 e. The molecule has 4 heteroatoms. The smallest absolute Gasteiger partial charge is 0.319 e. The molecule has 1 fully saturated rings. The number of rotatable bonds is 6. The van der Waals surface area contributed by atoms with E-state index in [1.54, 1.807) is 0 Å². The third kappa shape index (κ3) is 5.91. The fraction of sp³-hybridized carbons (Fsp3) is 0.611. The maximum Gasteiger partial charge on any atom is 0.319 e. The molecule has 2 rings (SSSR count). The number of carbonyl (C=O) groups excluding carboxylic acids is 1. The summed E-state index contributed by atoms with van der Waals surface area (Å²) in [5, 5.41) is 6.69. The topological polar surface area (TPSA) is 41.1 Å². The predicted molar refractivity (Wildman–Crippen MR) is 96.9 cm³/mol. The van der Waals surface area contributed by atoms with E-state index in [-0.39, 0.29) is 6.03 Å². The van der Waals surface area contributed by atoms with Crippen molar-refractivity contribution in [3.63, 3.8) is 0 Å². The maximum atomic E-state index is 11.8. The van der Waals surface area contributed by atoms with Crippen molar-refractivity contribution in [3.8, 4) is 0 Å². The molecular weight excluding hydrogens is 292 g/mol. The van der Waals surface area contributed by atoms with E-state index in [9.17, 15) is 4.79 Å². The van der Waals surface area contributed by atoms with Gasteiger partial charge in [0.15, 0.2) is 0 Å². The Labute approximate surface area is 138 Å². The number of carbonyl (C=O) groups is 1. The molecule has 0 aromatic heterocycles. The number of thioether (sulfide) groups is 1. The molecule has 0 saturated heterocycles. The molecule has 22 heavy (non-hydrogen) atoms. The zero-order valence-electron chi connectivity index (χ0n) is 13.8. The van der Waals surface area contributed by atoms with Gasteiger partial charge in [-0.1, -0.05) is 25.3 Å². The van der Waals surface area contributed by atoms with Crippen LogP contribution in [-0.4, -0.2) is 23.6 Å². The van der Waals surface area contributed by atoms with Crippen LogP contribution in [0.25, 0.3) is 0 Å². The van der Waals surface area contributed by atoms with Crippen LogP contribution in [0, 0.1) is 13.8 Å². The number of nitrogens with one attached hydrogen (secondary N) is 2. The van der Waals surface area contributed by atoms with Crippen molar-refractivity contribution in [2.45, 2.75) is 57.6 Å². The third-order valence-corrected chi connectivity index (χ3v) is 5.74. The average molecular weight is 321 g/mol. The number of anilines is 1. The van der Waals surface area contributed by atoms with E-state index in [1.165, 1.54) is 43.2 Å². The molecule has 1 aromatic rings. The van der Waals surface area contributed by atoms with Crippen molar-refractivity contribution in [2.75, 3.05) is 17.6 Å². The van der Waals surface area contributed by atoms with Crippen molar-refractivity contribution in [1.82, 2.24) is 5.32 Å². The largest absolute Gasteiger partial charge is 0.338 e. The van der Waals surface area contributed by atoms with E-state index in [0.29, 0.717) is 0 Å². The zero-order chi connectivity index (χ0) is 15.8. The molecule has 0 atom stereocenters. The Bertz CT molecular complexity index is 484. The lowest BCUT2D eigenvalue weighted by Crippen LogP contribution is -2.29. The summed E-state index contributed by atoms with van der Waals surface area (Å²) in [6.45, 7) is 4.88. The molecule has 0 radical (unpaired) electrons. The molecule has 0 unspecified atom stereocenters. The second kappa shape index (κ2) is 9.09. The van der Waals surface area contributed by atoms with Gasteiger partial charge in [-0.2, -0.15) is 11.8 Å². The van der Waals surface area contributed by atoms with Crippen molar-refractivity contribution >= 4 is 23.5 Å². The number of amides is 2. The summed E-state index contributed by atoms with van der Waals surface area (Å²) < 4.78 is 0. The Morgan fingerprint density at radius 1 is 1.18 bits per heavy atom. The van der Waals surface area contributed by atoms with Crippen LogP contribution < -0.4 is 10.6 Å². The van der Waals surface area contributed by atoms with E-state index in [4.69, 9.17) is 0 Å². The molecule has 2 amide bonds. The van der Waals surface area contributed by atoms with Gasteiger partial charge in [0.1, 0.15) is 0 Å². The average Bonchev–Trinajstić information content (AvgIpc) is 2.52. The summed E-state index contributed by atoms with van der Waals surface area (Å²) in [6, 6.07) is 5.88. The van der Waals surface area contributed by atoms with Crippen LogP contribution in [0.4, 0.5) is 10.5 Å². The molecule has 122 valence electrons. The van der Waals surface area contributed by atoms with Crippen molar-refractivity contribution in [2.24, 2.45) is 0 Å². The first-order chi connectivity index (χ1) is 10.6. The monoisotopic (exact) mass is 320 g/mol. The summed E-state index contributed by atoms with van der Waals surface area (Å²) in [5.41, 5.74) is 3.30. The molecule has 2 N–H and O–H groups in total. The maximum absolute atomic E-state index is 11.8. The fourth-order valence-corrected chi connectivity index (χ4v) is 4.06. The lowest BCUT2D eigenvalue weighted by atomic mass is 10.0. The Morgan fingerprint density at radius 3 is 2.68 bits per heavy atom. The summed E-state index contributed by atoms with van der Waals surface area (Å²) in [6.07, 6.45) is 8.01. The first kappa shape index (κ1) is 17.2. The second-order valence-electron chi connectivity index (χ2n) is 6.16. The van der Waals surface area contributed by atoms with Gasteiger partial charge in [0, 0.05) is 17.5 Å². The van der Waals surface area contributed by atoms with E-state index in [0.717, 1.165) is 29.7 Å². The Hall–Kier alpha value is -1.16. The molecule has 1 aliphatic rings. The molecule has 1 saturated carbocycles. The van der Waals surface area contributed by atoms with Crippen LogP contribution >= 0.6 is 11.8 Å². The zero-order valence-corrected chi connectivity index (χ0v) is 14.6. The van der Waals surface area contributed by atoms with Crippen molar-refractivity contribution in [1.29, 1.82) is 0 Å². The van der Waals surface area contributed by atoms with Gasteiger partial charge in [0.05, 0.1) is 0 Å². The van der Waals surface area contributed by atoms with Gasteiger partial charge in [-0.05, 0) is 62.1 Å². The summed E-state index contributed by atoms with van der Waals surface area (Å²) in [5.74, 6) is 1.15. The van der Waals surface area contributed by atoms with Crippen LogP contribution in [0.2, 0.25) is 0 Å². The lowest BCUT2D eigenvalue weighted by molar-refractivity contribution is 0.252. The molecular formula is C18H28N2OS. The molecule has 0 spiro atoms. The first-order valence-electron chi connectivity index (χ1n) is 8.39. The minimum absolute atomic E-state index is 0.106. The van der Waals surface area contributed by atoms with Crippen molar-refractivity contribution in [3.05, 3.63) is 29.3 Å². The second-order valence-corrected chi connectivity index (χ2v) is 7.57. The van der Waals surface area contributed by atoms with E-state index >= 15 is 0 Å². The van der Waals surface area contributed by atoms with Gasteiger partial charge in [-0.3, -0.25) is 0 Å². The normalized spacial score (nSPS) is 15.5. The molecule has 0 bridgehead atoms. The fourth-order valence-electron chi connectivity index (χ4n) is 2.75. The van der Waals surface area contributed by atoms with Gasteiger partial charge in [0.2, 0.25) is 0 Å². The lowest BCUT2D eigenvalue weighted by Gasteiger charge is -2.20. The van der Waals surface area contributed by atoms with Gasteiger partial charge < -0.3 is 10.6 Å². The van der Waals surface area contributed by atoms with Gasteiger partial charge in [-0.25, -0.2) is 4.79 Å². The number of aryl methyl sites for hydroxylation is 2. The summed E-state index contributed by atoms with van der Waals surface area (Å²) >= 11 is 2.08. The summed E-state index contributed by atoms with van der Waals surface area (Å²) in [4.78, 5) is 11.8. The minimum atomic E-state index is -0.106. The highest BCUT2D eigenvalue weighted by Gasteiger charge is 2.13. The Balaban J connectivity index is 1.58. The van der Waals surface area contributed by atoms with Crippen molar-refractivity contribution < 1.29 is 4.79 Å². The van der Waals surface area contributed by atoms with Crippen LogP contribution in [-0.2, 0) is 0 Å². The van der Waals surface area contributed by atoms with Crippen LogP contribution in [0.5, 0.6) is 0 Å². The highest BCUT2D eigenvalue weighted by molar-refractivity contribution is 7.99. The van der Waals surface area contributed by atoms with E-state index in [1.807, 2.05) is 18.2 Å². The number of hydrogen-bond acceptors (Lipinski definition) is 2. The van der Waals surface area contributed by atoms with Crippen LogP contribution in [0.1, 0.15) is 49.7 Å². The van der Waals surface area contributed by atoms with E-state index in [2.05, 4.69) is 36.2 Å². The number of benzene rings is 1. The quantitative estimate of drug-likeness (QED) is 0.733. The molecule has 1 aromatic carbocycles. The number of hydrogen-bond donors (Lipinski definition) is 2. The van der Waals surface area contributed by atoms with Gasteiger partial charge >= 0.3 is 6.03 Å². The molecule has 0 heterocycles. The number of urea groups is 1. The predicted octanol–water partition coefficient (Wildman–Crippen LogP) is 4.88.